The molecule has 0 saturated heterocycles. The van der Waals surface area contributed by atoms with Gasteiger partial charge in [-0.3, -0.25) is 4.79 Å². The number of nitrogens with one attached hydrogen (secondary N) is 1. The van der Waals surface area contributed by atoms with Gasteiger partial charge in [0.1, 0.15) is 19.0 Å². The van der Waals surface area contributed by atoms with Gasteiger partial charge >= 0.3 is 11.9 Å². The van der Waals surface area contributed by atoms with E-state index in [9.17, 15) is 9.59 Å². The summed E-state index contributed by atoms with van der Waals surface area (Å²) in [4.78, 5) is 22.8. The van der Waals surface area contributed by atoms with E-state index in [0.717, 1.165) is 16.7 Å². The van der Waals surface area contributed by atoms with E-state index in [0.29, 0.717) is 18.9 Å². The summed E-state index contributed by atoms with van der Waals surface area (Å²) in [5.74, 6) is -0.244. The van der Waals surface area contributed by atoms with Gasteiger partial charge in [-0.05, 0) is 63.4 Å². The van der Waals surface area contributed by atoms with Crippen LogP contribution in [0.3, 0.4) is 0 Å². The van der Waals surface area contributed by atoms with Gasteiger partial charge in [-0.1, -0.05) is 0 Å². The van der Waals surface area contributed by atoms with Gasteiger partial charge in [-0.25, -0.2) is 4.79 Å². The van der Waals surface area contributed by atoms with E-state index in [1.807, 2.05) is 26.0 Å². The SMILES string of the molecule is CC(=O)OCc1cc(C)c(OC(=O)COCCNC(C)(C)C)c(C)c1. The standard InChI is InChI=1S/C19H29NO5/c1-13-9-16(11-24-15(3)21)10-14(2)18(13)25-17(22)12-23-8-7-20-19(4,5)6/h9-10,20H,7-8,11-12H2,1-6H3. The molecule has 1 N–H and O–H groups in total. The van der Waals surface area contributed by atoms with Gasteiger partial charge in [0.2, 0.25) is 0 Å². The third kappa shape index (κ3) is 8.65. The molecule has 0 aliphatic carbocycles. The van der Waals surface area contributed by atoms with Crippen LogP contribution in [0.1, 0.15) is 44.4 Å². The minimum atomic E-state index is -0.435. The van der Waals surface area contributed by atoms with Gasteiger partial charge in [0.15, 0.2) is 0 Å². The molecule has 0 radical (unpaired) electrons. The maximum atomic E-state index is 11.9. The second-order valence-corrected chi connectivity index (χ2v) is 7.04. The summed E-state index contributed by atoms with van der Waals surface area (Å²) in [6, 6.07) is 3.68. The predicted octanol–water partition coefficient (Wildman–Crippen LogP) is 2.68. The Morgan fingerprint density at radius 2 is 1.72 bits per heavy atom. The molecule has 0 heterocycles. The van der Waals surface area contributed by atoms with Crippen LogP contribution in [0.2, 0.25) is 0 Å². The third-order valence-electron chi connectivity index (χ3n) is 3.30. The third-order valence-corrected chi connectivity index (χ3v) is 3.30. The molecule has 0 aromatic heterocycles. The van der Waals surface area contributed by atoms with Crippen molar-refractivity contribution in [1.82, 2.24) is 5.32 Å². The molecule has 25 heavy (non-hydrogen) atoms. The summed E-state index contributed by atoms with van der Waals surface area (Å²) < 4.78 is 15.7. The average molecular weight is 351 g/mol. The summed E-state index contributed by atoms with van der Waals surface area (Å²) in [5.41, 5.74) is 2.50. The molecule has 0 unspecified atom stereocenters. The molecule has 6 nitrogen and oxygen atoms in total. The molecule has 0 amide bonds. The molecule has 0 bridgehead atoms. The van der Waals surface area contributed by atoms with Crippen molar-refractivity contribution in [2.24, 2.45) is 0 Å². The summed E-state index contributed by atoms with van der Waals surface area (Å²) in [7, 11) is 0. The number of hydrogen-bond acceptors (Lipinski definition) is 6. The Morgan fingerprint density at radius 3 is 2.24 bits per heavy atom. The van der Waals surface area contributed by atoms with Gasteiger partial charge in [-0.2, -0.15) is 0 Å². The number of esters is 2. The number of carbonyl (C=O) groups excluding carboxylic acids is 2. The van der Waals surface area contributed by atoms with Gasteiger partial charge < -0.3 is 19.5 Å². The second kappa shape index (κ2) is 9.53. The quantitative estimate of drug-likeness (QED) is 0.441. The highest BCUT2D eigenvalue weighted by Crippen LogP contribution is 2.25. The number of hydrogen-bond donors (Lipinski definition) is 1. The fraction of sp³-hybridized carbons (Fsp3) is 0.579. The Bertz CT molecular complexity index is 581. The Morgan fingerprint density at radius 1 is 1.12 bits per heavy atom. The van der Waals surface area contributed by atoms with E-state index in [-0.39, 0.29) is 24.7 Å². The van der Waals surface area contributed by atoms with E-state index in [1.54, 1.807) is 0 Å². The Labute approximate surface area is 149 Å². The van der Waals surface area contributed by atoms with Crippen molar-refractivity contribution in [3.8, 4) is 5.75 Å². The fourth-order valence-corrected chi connectivity index (χ4v) is 2.27. The van der Waals surface area contributed by atoms with Crippen LogP contribution in [0.15, 0.2) is 12.1 Å². The summed E-state index contributed by atoms with van der Waals surface area (Å²) >= 11 is 0. The first-order valence-corrected chi connectivity index (χ1v) is 8.35. The first-order chi connectivity index (χ1) is 11.6. The maximum Gasteiger partial charge on any atom is 0.337 e. The molecule has 0 saturated carbocycles. The normalized spacial score (nSPS) is 11.3. The number of carbonyl (C=O) groups is 2. The van der Waals surface area contributed by atoms with Crippen molar-refractivity contribution in [3.05, 3.63) is 28.8 Å². The zero-order valence-electron chi connectivity index (χ0n) is 16.0. The Balaban J connectivity index is 2.50. The van der Waals surface area contributed by atoms with Crippen LogP contribution in [0.5, 0.6) is 5.75 Å². The molecule has 0 aliphatic rings. The molecule has 1 aromatic rings. The van der Waals surface area contributed by atoms with Crippen molar-refractivity contribution in [2.75, 3.05) is 19.8 Å². The van der Waals surface area contributed by atoms with Crippen LogP contribution < -0.4 is 10.1 Å². The molecule has 1 aromatic carbocycles. The molecule has 140 valence electrons. The molecular weight excluding hydrogens is 322 g/mol. The highest BCUT2D eigenvalue weighted by Gasteiger charge is 2.13. The lowest BCUT2D eigenvalue weighted by atomic mass is 10.1. The smallest absolute Gasteiger partial charge is 0.337 e. The number of rotatable bonds is 8. The van der Waals surface area contributed by atoms with Gasteiger partial charge in [0, 0.05) is 19.0 Å². The van der Waals surface area contributed by atoms with E-state index in [1.165, 1.54) is 6.92 Å². The van der Waals surface area contributed by atoms with Crippen molar-refractivity contribution in [2.45, 2.75) is 53.7 Å². The van der Waals surface area contributed by atoms with E-state index < -0.39 is 5.97 Å². The van der Waals surface area contributed by atoms with Gasteiger partial charge in [-0.15, -0.1) is 0 Å². The van der Waals surface area contributed by atoms with Crippen LogP contribution >= 0.6 is 0 Å². The zero-order chi connectivity index (χ0) is 19.0. The van der Waals surface area contributed by atoms with Gasteiger partial charge in [0.25, 0.3) is 0 Å². The lowest BCUT2D eigenvalue weighted by Gasteiger charge is -2.20. The van der Waals surface area contributed by atoms with Gasteiger partial charge in [0.05, 0.1) is 6.61 Å². The number of benzene rings is 1. The van der Waals surface area contributed by atoms with Crippen molar-refractivity contribution >= 4 is 11.9 Å². The summed E-state index contributed by atoms with van der Waals surface area (Å²) in [6.45, 7) is 12.5. The highest BCUT2D eigenvalue weighted by atomic mass is 16.6. The van der Waals surface area contributed by atoms with Crippen molar-refractivity contribution in [3.63, 3.8) is 0 Å². The molecular formula is C19H29NO5. The molecule has 6 heteroatoms. The maximum absolute atomic E-state index is 11.9. The van der Waals surface area contributed by atoms with Crippen LogP contribution in [-0.4, -0.2) is 37.2 Å². The minimum absolute atomic E-state index is 0.0198. The minimum Gasteiger partial charge on any atom is -0.461 e. The molecule has 0 fully saturated rings. The molecule has 0 atom stereocenters. The first-order valence-electron chi connectivity index (χ1n) is 8.35. The fourth-order valence-electron chi connectivity index (χ4n) is 2.27. The van der Waals surface area contributed by atoms with Crippen molar-refractivity contribution in [1.29, 1.82) is 0 Å². The Hall–Kier alpha value is -1.92. The highest BCUT2D eigenvalue weighted by molar-refractivity contribution is 5.74. The topological polar surface area (TPSA) is 73.9 Å². The van der Waals surface area contributed by atoms with Crippen LogP contribution in [-0.2, 0) is 25.7 Å². The van der Waals surface area contributed by atoms with Crippen LogP contribution in [0, 0.1) is 13.8 Å². The molecule has 1 rings (SSSR count). The molecule has 0 aliphatic heterocycles. The zero-order valence-corrected chi connectivity index (χ0v) is 16.0. The molecule has 0 spiro atoms. The van der Waals surface area contributed by atoms with Crippen LogP contribution in [0.25, 0.3) is 0 Å². The average Bonchev–Trinajstić information content (AvgIpc) is 2.47. The largest absolute Gasteiger partial charge is 0.461 e. The number of ether oxygens (including phenoxy) is 3. The Kier molecular flexibility index (Phi) is 8.06. The first kappa shape index (κ1) is 21.1. The van der Waals surface area contributed by atoms with E-state index >= 15 is 0 Å². The van der Waals surface area contributed by atoms with Crippen LogP contribution in [0.4, 0.5) is 0 Å². The van der Waals surface area contributed by atoms with Crippen molar-refractivity contribution < 1.29 is 23.8 Å². The lowest BCUT2D eigenvalue weighted by Crippen LogP contribution is -2.38. The summed E-state index contributed by atoms with van der Waals surface area (Å²) in [5, 5.41) is 3.28. The second-order valence-electron chi connectivity index (χ2n) is 7.04. The monoisotopic (exact) mass is 351 g/mol. The van der Waals surface area contributed by atoms with E-state index in [4.69, 9.17) is 14.2 Å². The lowest BCUT2D eigenvalue weighted by molar-refractivity contribution is -0.142. The predicted molar refractivity (Wildman–Crippen MR) is 95.6 cm³/mol. The number of aryl methyl sites for hydroxylation is 2. The summed E-state index contributed by atoms with van der Waals surface area (Å²) in [6.07, 6.45) is 0. The van der Waals surface area contributed by atoms with E-state index in [2.05, 4.69) is 26.1 Å².